The Labute approximate surface area is 280 Å². The monoisotopic (exact) mass is 652 g/mol. The minimum absolute atomic E-state index is 0.00759. The number of carbonyl (C=O) groups excluding carboxylic acids is 2. The van der Waals surface area contributed by atoms with Crippen LogP contribution in [0, 0.1) is 11.8 Å². The third-order valence-corrected chi connectivity index (χ3v) is 9.04. The number of hydrogen-bond donors (Lipinski definition) is 4. The van der Waals surface area contributed by atoms with E-state index in [4.69, 9.17) is 9.47 Å². The summed E-state index contributed by atoms with van der Waals surface area (Å²) in [5, 5.41) is 41.0. The van der Waals surface area contributed by atoms with E-state index in [0.717, 1.165) is 38.5 Å². The van der Waals surface area contributed by atoms with E-state index >= 15 is 0 Å². The van der Waals surface area contributed by atoms with Crippen LogP contribution in [0.3, 0.4) is 0 Å². The largest absolute Gasteiger partial charge is 0.463 e. The van der Waals surface area contributed by atoms with Gasteiger partial charge in [0.1, 0.15) is 19.3 Å². The van der Waals surface area contributed by atoms with E-state index in [1.54, 1.807) is 18.2 Å². The molecule has 0 bridgehead atoms. The number of aliphatic hydroxyl groups is 4. The summed E-state index contributed by atoms with van der Waals surface area (Å²) in [5.41, 5.74) is 0. The van der Waals surface area contributed by atoms with E-state index in [9.17, 15) is 30.0 Å². The number of hydrogen-bond acceptors (Lipinski definition) is 8. The van der Waals surface area contributed by atoms with Crippen molar-refractivity contribution < 1.29 is 39.5 Å². The van der Waals surface area contributed by atoms with E-state index in [0.29, 0.717) is 19.3 Å². The summed E-state index contributed by atoms with van der Waals surface area (Å²) >= 11 is 0. The lowest BCUT2D eigenvalue weighted by Crippen LogP contribution is -2.25. The highest BCUT2D eigenvalue weighted by molar-refractivity contribution is 5.71. The van der Waals surface area contributed by atoms with Gasteiger partial charge < -0.3 is 29.9 Å². The second-order valence-corrected chi connectivity index (χ2v) is 13.3. The van der Waals surface area contributed by atoms with Crippen LogP contribution in [0.25, 0.3) is 0 Å². The van der Waals surface area contributed by atoms with Gasteiger partial charge in [-0.1, -0.05) is 141 Å². The molecule has 268 valence electrons. The van der Waals surface area contributed by atoms with E-state index in [1.165, 1.54) is 70.6 Å². The fourth-order valence-electron chi connectivity index (χ4n) is 6.12. The van der Waals surface area contributed by atoms with Crippen molar-refractivity contribution in [2.24, 2.45) is 11.8 Å². The van der Waals surface area contributed by atoms with E-state index in [2.05, 4.69) is 13.8 Å². The van der Waals surface area contributed by atoms with Gasteiger partial charge in [-0.3, -0.25) is 9.59 Å². The Morgan fingerprint density at radius 2 is 1.22 bits per heavy atom. The summed E-state index contributed by atoms with van der Waals surface area (Å²) in [6.45, 7) is 3.91. The average molecular weight is 653 g/mol. The molecule has 46 heavy (non-hydrogen) atoms. The summed E-state index contributed by atoms with van der Waals surface area (Å²) in [4.78, 5) is 24.1. The Kier molecular flexibility index (Phi) is 26.0. The highest BCUT2D eigenvalue weighted by Crippen LogP contribution is 2.36. The molecular formula is C38H68O8. The van der Waals surface area contributed by atoms with Gasteiger partial charge in [0.2, 0.25) is 0 Å². The normalized spacial score (nSPS) is 21.3. The lowest BCUT2D eigenvalue weighted by molar-refractivity contribution is -0.151. The molecule has 0 aliphatic heterocycles. The molecule has 0 saturated heterocycles. The molecule has 4 N–H and O–H groups in total. The number of unbranched alkanes of at least 4 members (excludes halogenated alkanes) is 15. The lowest BCUT2D eigenvalue weighted by Gasteiger charge is -2.19. The quantitative estimate of drug-likeness (QED) is 0.0371. The molecule has 0 unspecified atom stereocenters. The van der Waals surface area contributed by atoms with Crippen LogP contribution in [0.5, 0.6) is 0 Å². The van der Waals surface area contributed by atoms with Crippen LogP contribution in [-0.4, -0.2) is 70.0 Å². The van der Waals surface area contributed by atoms with E-state index in [-0.39, 0.29) is 43.9 Å². The minimum Gasteiger partial charge on any atom is -0.463 e. The first-order valence-corrected chi connectivity index (χ1v) is 18.6. The van der Waals surface area contributed by atoms with Gasteiger partial charge in [-0.25, -0.2) is 0 Å². The zero-order chi connectivity index (χ0) is 33.8. The zero-order valence-electron chi connectivity index (χ0n) is 29.2. The third kappa shape index (κ3) is 21.9. The van der Waals surface area contributed by atoms with Gasteiger partial charge in [0.25, 0.3) is 0 Å². The fourth-order valence-corrected chi connectivity index (χ4v) is 6.12. The van der Waals surface area contributed by atoms with Crippen LogP contribution in [0.15, 0.2) is 24.3 Å². The first-order chi connectivity index (χ1) is 22.3. The Bertz CT molecular complexity index is 813. The highest BCUT2D eigenvalue weighted by atomic mass is 16.6. The van der Waals surface area contributed by atoms with Crippen molar-refractivity contribution in [3.63, 3.8) is 0 Å². The minimum atomic E-state index is -1.08. The number of carbonyl (C=O) groups is 2. The molecule has 0 radical (unpaired) electrons. The van der Waals surface area contributed by atoms with Crippen molar-refractivity contribution in [2.45, 2.75) is 180 Å². The molecule has 1 aliphatic rings. The second-order valence-electron chi connectivity index (χ2n) is 13.3. The Balaban J connectivity index is 2.09. The van der Waals surface area contributed by atoms with Gasteiger partial charge in [0.05, 0.1) is 24.7 Å². The number of aliphatic hydroxyl groups excluding tert-OH is 4. The van der Waals surface area contributed by atoms with Gasteiger partial charge in [-0.2, -0.15) is 0 Å². The topological polar surface area (TPSA) is 134 Å². The second kappa shape index (κ2) is 28.3. The number of ether oxygens (including phenoxy) is 2. The van der Waals surface area contributed by atoms with Crippen LogP contribution < -0.4 is 0 Å². The summed E-state index contributed by atoms with van der Waals surface area (Å²) in [6.07, 6.45) is 26.4. The zero-order valence-corrected chi connectivity index (χ0v) is 29.2. The molecule has 0 aromatic heterocycles. The van der Waals surface area contributed by atoms with Crippen molar-refractivity contribution >= 4 is 11.9 Å². The predicted molar refractivity (Wildman–Crippen MR) is 184 cm³/mol. The molecule has 1 saturated carbocycles. The summed E-state index contributed by atoms with van der Waals surface area (Å²) < 4.78 is 10.2. The third-order valence-electron chi connectivity index (χ3n) is 9.04. The van der Waals surface area contributed by atoms with Gasteiger partial charge >= 0.3 is 11.9 Å². The number of esters is 2. The molecular weight excluding hydrogens is 584 g/mol. The molecule has 0 amide bonds. The fraction of sp³-hybridized carbons (Fsp3) is 0.842. The maximum atomic E-state index is 12.1. The lowest BCUT2D eigenvalue weighted by atomic mass is 9.89. The van der Waals surface area contributed by atoms with E-state index in [1.807, 2.05) is 6.08 Å². The van der Waals surface area contributed by atoms with Gasteiger partial charge in [-0.05, 0) is 25.2 Å². The SMILES string of the molecule is CCCCCCCCCCCCCCCCC(=O)OC[C@H](O)COC(=O)C/C=C\C[C@H]1[C@@H](/C=C/[C@H](O)CCCCC)[C@H](O)C[C@@H]1O. The van der Waals surface area contributed by atoms with E-state index < -0.39 is 30.4 Å². The van der Waals surface area contributed by atoms with Crippen LogP contribution in [0.4, 0.5) is 0 Å². The van der Waals surface area contributed by atoms with Crippen LogP contribution in [-0.2, 0) is 19.1 Å². The Morgan fingerprint density at radius 1 is 0.696 bits per heavy atom. The molecule has 0 aromatic rings. The molecule has 0 heterocycles. The Morgan fingerprint density at radius 3 is 1.80 bits per heavy atom. The summed E-state index contributed by atoms with van der Waals surface area (Å²) in [7, 11) is 0. The highest BCUT2D eigenvalue weighted by Gasteiger charge is 2.39. The average Bonchev–Trinajstić information content (AvgIpc) is 3.31. The van der Waals surface area contributed by atoms with Crippen molar-refractivity contribution in [3.05, 3.63) is 24.3 Å². The standard InChI is InChI=1S/C38H68O8/c1-3-5-7-8-9-10-11-12-13-14-15-16-17-19-24-37(43)45-29-32(40)30-46-38(44)25-21-20-23-33-34(36(42)28-35(33)41)27-26-31(39)22-18-6-4-2/h20-21,26-27,31-36,39-42H,3-19,22-25,28-30H2,1-2H3/b21-20-,27-26+/t31-,32+,33+,34-,35+,36-/m1/s1. The smallest absolute Gasteiger partial charge is 0.309 e. The molecule has 1 fully saturated rings. The first-order valence-electron chi connectivity index (χ1n) is 18.6. The van der Waals surface area contributed by atoms with Crippen LogP contribution in [0.2, 0.25) is 0 Å². The van der Waals surface area contributed by atoms with Gasteiger partial charge in [0, 0.05) is 18.8 Å². The first kappa shape index (κ1) is 42.3. The van der Waals surface area contributed by atoms with Gasteiger partial charge in [0.15, 0.2) is 0 Å². The number of rotatable bonds is 29. The van der Waals surface area contributed by atoms with Crippen molar-refractivity contribution in [3.8, 4) is 0 Å². The molecule has 1 rings (SSSR count). The van der Waals surface area contributed by atoms with Crippen LogP contribution >= 0.6 is 0 Å². The van der Waals surface area contributed by atoms with Gasteiger partial charge in [-0.15, -0.1) is 0 Å². The molecule has 8 heteroatoms. The van der Waals surface area contributed by atoms with Crippen molar-refractivity contribution in [2.75, 3.05) is 13.2 Å². The van der Waals surface area contributed by atoms with Crippen molar-refractivity contribution in [1.82, 2.24) is 0 Å². The summed E-state index contributed by atoms with van der Waals surface area (Å²) in [5.74, 6) is -1.32. The van der Waals surface area contributed by atoms with Crippen molar-refractivity contribution in [1.29, 1.82) is 0 Å². The predicted octanol–water partition coefficient (Wildman–Crippen LogP) is 7.50. The maximum absolute atomic E-state index is 12.1. The molecule has 8 nitrogen and oxygen atoms in total. The molecule has 6 atom stereocenters. The molecule has 1 aliphatic carbocycles. The summed E-state index contributed by atoms with van der Waals surface area (Å²) in [6, 6.07) is 0. The molecule has 0 aromatic carbocycles. The maximum Gasteiger partial charge on any atom is 0.309 e. The Hall–Kier alpha value is -1.74. The number of allylic oxidation sites excluding steroid dienone is 1. The molecule has 0 spiro atoms. The van der Waals surface area contributed by atoms with Crippen LogP contribution in [0.1, 0.15) is 155 Å².